The molecule has 1 heterocycles. The number of ether oxygens (including phenoxy) is 1. The van der Waals surface area contributed by atoms with Crippen LogP contribution in [0, 0.1) is 5.82 Å². The first-order valence-corrected chi connectivity index (χ1v) is 17.0. The van der Waals surface area contributed by atoms with Crippen molar-refractivity contribution in [3.05, 3.63) is 77.5 Å². The summed E-state index contributed by atoms with van der Waals surface area (Å²) in [5, 5.41) is 0. The van der Waals surface area contributed by atoms with Crippen molar-refractivity contribution in [1.82, 2.24) is 9.97 Å². The normalized spacial score (nSPS) is 11.1. The van der Waals surface area contributed by atoms with Crippen molar-refractivity contribution in [3.8, 4) is 17.0 Å². The minimum Gasteiger partial charge on any atom is -0.419 e. The van der Waals surface area contributed by atoms with Gasteiger partial charge >= 0.3 is 5.97 Å². The summed E-state index contributed by atoms with van der Waals surface area (Å²) in [5.74, 6) is -1.34. The summed E-state index contributed by atoms with van der Waals surface area (Å²) in [6, 6.07) is 13.2. The molecular formula is C38H53FN2O2. The molecule has 0 fully saturated rings. The zero-order chi connectivity index (χ0) is 30.5. The lowest BCUT2D eigenvalue weighted by Gasteiger charge is -2.08. The third-order valence-electron chi connectivity index (χ3n) is 8.20. The fraction of sp³-hybridized carbons (Fsp3) is 0.553. The molecule has 0 aliphatic carbocycles. The molecule has 3 aromatic rings. The molecule has 0 aliphatic heterocycles. The van der Waals surface area contributed by atoms with Crippen LogP contribution in [-0.2, 0) is 12.8 Å². The van der Waals surface area contributed by atoms with Crippen molar-refractivity contribution in [2.75, 3.05) is 0 Å². The first-order chi connectivity index (χ1) is 21.1. The van der Waals surface area contributed by atoms with E-state index < -0.39 is 11.8 Å². The lowest BCUT2D eigenvalue weighted by atomic mass is 10.0. The van der Waals surface area contributed by atoms with Gasteiger partial charge in [0.1, 0.15) is 0 Å². The molecule has 0 saturated carbocycles. The van der Waals surface area contributed by atoms with E-state index in [4.69, 9.17) is 4.74 Å². The quantitative estimate of drug-likeness (QED) is 0.0665. The van der Waals surface area contributed by atoms with Gasteiger partial charge in [-0.2, -0.15) is 0 Å². The Balaban J connectivity index is 1.38. The molecule has 0 amide bonds. The van der Waals surface area contributed by atoms with Gasteiger partial charge in [-0.3, -0.25) is 4.98 Å². The number of carbonyl (C=O) groups is 1. The molecule has 0 unspecified atom stereocenters. The fourth-order valence-corrected chi connectivity index (χ4v) is 5.46. The predicted molar refractivity (Wildman–Crippen MR) is 176 cm³/mol. The number of aryl methyl sites for hydroxylation is 2. The second-order valence-corrected chi connectivity index (χ2v) is 11.9. The highest BCUT2D eigenvalue weighted by Gasteiger charge is 2.15. The Kier molecular flexibility index (Phi) is 16.6. The standard InChI is InChI=1S/C38H53FN2O2/c1-3-5-7-9-11-12-13-15-16-18-20-31-22-25-33(26-23-31)35-29-41-36(30-40-35)38(42)43-37-27-24-32(28-34(37)39)21-19-17-14-10-8-6-4-2/h22-30H,3-21H2,1-2H3. The third-order valence-corrected chi connectivity index (χ3v) is 8.20. The van der Waals surface area contributed by atoms with Crippen molar-refractivity contribution < 1.29 is 13.9 Å². The molecule has 3 rings (SSSR count). The summed E-state index contributed by atoms with van der Waals surface area (Å²) in [5.41, 5.74) is 3.93. The highest BCUT2D eigenvalue weighted by Crippen LogP contribution is 2.22. The van der Waals surface area contributed by atoms with E-state index in [2.05, 4.69) is 48.1 Å². The number of halogens is 1. The summed E-state index contributed by atoms with van der Waals surface area (Å²) in [4.78, 5) is 21.3. The minimum atomic E-state index is -0.718. The predicted octanol–water partition coefficient (Wildman–Crippen LogP) is 11.3. The van der Waals surface area contributed by atoms with Crippen LogP contribution in [-0.4, -0.2) is 15.9 Å². The molecule has 0 bridgehead atoms. The lowest BCUT2D eigenvalue weighted by Crippen LogP contribution is -2.12. The van der Waals surface area contributed by atoms with Crippen LogP contribution in [0.1, 0.15) is 145 Å². The third kappa shape index (κ3) is 13.4. The zero-order valence-corrected chi connectivity index (χ0v) is 26.7. The number of benzene rings is 2. The van der Waals surface area contributed by atoms with Gasteiger partial charge in [0.05, 0.1) is 18.1 Å². The SMILES string of the molecule is CCCCCCCCCCCCc1ccc(-c2cnc(C(=O)Oc3ccc(CCCCCCCCC)cc3F)cn2)cc1. The second-order valence-electron chi connectivity index (χ2n) is 11.9. The van der Waals surface area contributed by atoms with E-state index in [0.29, 0.717) is 5.69 Å². The number of hydrogen-bond acceptors (Lipinski definition) is 4. The zero-order valence-electron chi connectivity index (χ0n) is 26.7. The summed E-state index contributed by atoms with van der Waals surface area (Å²) in [6.45, 7) is 4.49. The Morgan fingerprint density at radius 2 is 1.14 bits per heavy atom. The van der Waals surface area contributed by atoms with E-state index in [1.165, 1.54) is 120 Å². The highest BCUT2D eigenvalue weighted by molar-refractivity contribution is 5.88. The Morgan fingerprint density at radius 1 is 0.628 bits per heavy atom. The van der Waals surface area contributed by atoms with Gasteiger partial charge in [0, 0.05) is 5.56 Å². The topological polar surface area (TPSA) is 52.1 Å². The number of rotatable bonds is 22. The molecule has 0 spiro atoms. The monoisotopic (exact) mass is 588 g/mol. The van der Waals surface area contributed by atoms with Crippen LogP contribution in [0.25, 0.3) is 11.3 Å². The van der Waals surface area contributed by atoms with E-state index in [9.17, 15) is 9.18 Å². The highest BCUT2D eigenvalue weighted by atomic mass is 19.1. The average molecular weight is 589 g/mol. The Morgan fingerprint density at radius 3 is 1.65 bits per heavy atom. The Labute approximate surface area is 259 Å². The smallest absolute Gasteiger partial charge is 0.364 e. The number of hydrogen-bond donors (Lipinski definition) is 0. The van der Waals surface area contributed by atoms with E-state index in [-0.39, 0.29) is 11.4 Å². The van der Waals surface area contributed by atoms with Crippen LogP contribution >= 0.6 is 0 Å². The maximum atomic E-state index is 14.6. The Hall–Kier alpha value is -3.08. The summed E-state index contributed by atoms with van der Waals surface area (Å²) < 4.78 is 19.9. The number of carbonyl (C=O) groups excluding carboxylic acids is 1. The van der Waals surface area contributed by atoms with E-state index in [1.54, 1.807) is 6.20 Å². The fourth-order valence-electron chi connectivity index (χ4n) is 5.46. The first-order valence-electron chi connectivity index (χ1n) is 17.0. The van der Waals surface area contributed by atoms with Gasteiger partial charge in [0.25, 0.3) is 0 Å². The molecule has 43 heavy (non-hydrogen) atoms. The molecule has 234 valence electrons. The molecule has 0 aliphatic rings. The maximum absolute atomic E-state index is 14.6. The average Bonchev–Trinajstić information content (AvgIpc) is 3.03. The number of aromatic nitrogens is 2. The lowest BCUT2D eigenvalue weighted by molar-refractivity contribution is 0.0721. The van der Waals surface area contributed by atoms with E-state index in [1.807, 2.05) is 6.07 Å². The number of unbranched alkanes of at least 4 members (excludes halogenated alkanes) is 15. The van der Waals surface area contributed by atoms with Gasteiger partial charge in [-0.1, -0.05) is 140 Å². The summed E-state index contributed by atoms with van der Waals surface area (Å²) >= 11 is 0. The number of nitrogens with zero attached hydrogens (tertiary/aromatic N) is 2. The molecular weight excluding hydrogens is 535 g/mol. The van der Waals surface area contributed by atoms with Gasteiger partial charge < -0.3 is 4.74 Å². The molecule has 4 nitrogen and oxygen atoms in total. The van der Waals surface area contributed by atoms with Crippen molar-refractivity contribution in [1.29, 1.82) is 0 Å². The minimum absolute atomic E-state index is 0.0490. The van der Waals surface area contributed by atoms with Crippen LogP contribution < -0.4 is 4.74 Å². The van der Waals surface area contributed by atoms with Gasteiger partial charge in [-0.25, -0.2) is 14.2 Å². The molecule has 5 heteroatoms. The second kappa shape index (κ2) is 20.8. The van der Waals surface area contributed by atoms with Gasteiger partial charge in [-0.05, 0) is 48.9 Å². The van der Waals surface area contributed by atoms with Crippen molar-refractivity contribution in [2.24, 2.45) is 0 Å². The van der Waals surface area contributed by atoms with Gasteiger partial charge in [0.15, 0.2) is 17.3 Å². The van der Waals surface area contributed by atoms with Crippen LogP contribution in [0.15, 0.2) is 54.9 Å². The van der Waals surface area contributed by atoms with Crippen LogP contribution in [0.3, 0.4) is 0 Å². The van der Waals surface area contributed by atoms with Crippen LogP contribution in [0.2, 0.25) is 0 Å². The first kappa shape index (κ1) is 34.4. The molecule has 0 N–H and O–H groups in total. The largest absolute Gasteiger partial charge is 0.419 e. The molecule has 2 aromatic carbocycles. The molecule has 1 aromatic heterocycles. The Bertz CT molecular complexity index is 1180. The van der Waals surface area contributed by atoms with E-state index >= 15 is 0 Å². The van der Waals surface area contributed by atoms with Gasteiger partial charge in [0.2, 0.25) is 0 Å². The van der Waals surface area contributed by atoms with Gasteiger partial charge in [-0.15, -0.1) is 0 Å². The van der Waals surface area contributed by atoms with Crippen molar-refractivity contribution in [2.45, 2.75) is 136 Å². The maximum Gasteiger partial charge on any atom is 0.364 e. The van der Waals surface area contributed by atoms with Crippen LogP contribution in [0.5, 0.6) is 5.75 Å². The van der Waals surface area contributed by atoms with Crippen molar-refractivity contribution in [3.63, 3.8) is 0 Å². The van der Waals surface area contributed by atoms with Crippen molar-refractivity contribution >= 4 is 5.97 Å². The molecule has 0 saturated heterocycles. The molecule has 0 atom stereocenters. The number of esters is 1. The van der Waals surface area contributed by atoms with E-state index in [0.717, 1.165) is 36.8 Å². The summed E-state index contributed by atoms with van der Waals surface area (Å²) in [6.07, 6.45) is 26.8. The molecule has 0 radical (unpaired) electrons. The summed E-state index contributed by atoms with van der Waals surface area (Å²) in [7, 11) is 0. The van der Waals surface area contributed by atoms with Crippen LogP contribution in [0.4, 0.5) is 4.39 Å².